The summed E-state index contributed by atoms with van der Waals surface area (Å²) in [7, 11) is 0. The van der Waals surface area contributed by atoms with Crippen molar-refractivity contribution < 1.29 is 9.84 Å². The van der Waals surface area contributed by atoms with Gasteiger partial charge in [0.2, 0.25) is 0 Å². The van der Waals surface area contributed by atoms with Gasteiger partial charge in [0, 0.05) is 0 Å². The highest BCUT2D eigenvalue weighted by molar-refractivity contribution is 5.08. The van der Waals surface area contributed by atoms with Gasteiger partial charge in [-0.1, -0.05) is 6.08 Å². The van der Waals surface area contributed by atoms with Gasteiger partial charge in [0.05, 0.1) is 18.8 Å². The van der Waals surface area contributed by atoms with Gasteiger partial charge in [-0.15, -0.1) is 0 Å². The van der Waals surface area contributed by atoms with E-state index in [0.717, 1.165) is 19.3 Å². The second-order valence-corrected chi connectivity index (χ2v) is 3.64. The first kappa shape index (κ1) is 9.75. The van der Waals surface area contributed by atoms with Crippen LogP contribution in [0.2, 0.25) is 0 Å². The van der Waals surface area contributed by atoms with Gasteiger partial charge in [-0.2, -0.15) is 0 Å². The van der Waals surface area contributed by atoms with Crippen molar-refractivity contribution in [2.45, 2.75) is 45.3 Å². The third kappa shape index (κ3) is 3.37. The zero-order valence-corrected chi connectivity index (χ0v) is 7.92. The Balaban J connectivity index is 2.30. The lowest BCUT2D eigenvalue weighted by molar-refractivity contribution is 0.0922. The molecule has 2 nitrogen and oxygen atoms in total. The molecule has 1 aliphatic rings. The molecular formula is C10H18O2. The molecule has 0 aromatic carbocycles. The fourth-order valence-corrected chi connectivity index (χ4v) is 1.37. The molecule has 0 amide bonds. The number of ether oxygens (including phenoxy) is 1. The molecule has 0 fully saturated rings. The van der Waals surface area contributed by atoms with Crippen molar-refractivity contribution in [1.82, 2.24) is 0 Å². The van der Waals surface area contributed by atoms with E-state index in [1.807, 2.05) is 19.9 Å². The second kappa shape index (κ2) is 4.63. The Hall–Kier alpha value is -0.340. The minimum Gasteiger partial charge on any atom is -0.389 e. The van der Waals surface area contributed by atoms with Crippen LogP contribution < -0.4 is 0 Å². The maximum absolute atomic E-state index is 9.31. The van der Waals surface area contributed by atoms with Gasteiger partial charge in [-0.25, -0.2) is 0 Å². The lowest BCUT2D eigenvalue weighted by Gasteiger charge is -2.17. The van der Waals surface area contributed by atoms with Crippen LogP contribution >= 0.6 is 0 Å². The monoisotopic (exact) mass is 170 g/mol. The van der Waals surface area contributed by atoms with Crippen LogP contribution in [0, 0.1) is 0 Å². The van der Waals surface area contributed by atoms with Gasteiger partial charge in [0.1, 0.15) is 0 Å². The largest absolute Gasteiger partial charge is 0.389 e. The van der Waals surface area contributed by atoms with Crippen LogP contribution in [-0.2, 0) is 4.74 Å². The number of hydrogen-bond donors (Lipinski definition) is 1. The molecule has 1 atom stereocenters. The molecule has 1 rings (SSSR count). The maximum Gasteiger partial charge on any atom is 0.0724 e. The highest BCUT2D eigenvalue weighted by Gasteiger charge is 2.10. The molecule has 12 heavy (non-hydrogen) atoms. The Kier molecular flexibility index (Phi) is 3.76. The quantitative estimate of drug-likeness (QED) is 0.655. The van der Waals surface area contributed by atoms with E-state index in [-0.39, 0.29) is 12.2 Å². The molecular weight excluding hydrogens is 152 g/mol. The van der Waals surface area contributed by atoms with E-state index >= 15 is 0 Å². The predicted octanol–water partition coefficient (Wildman–Crippen LogP) is 1.88. The maximum atomic E-state index is 9.31. The van der Waals surface area contributed by atoms with E-state index in [1.165, 1.54) is 5.57 Å². The average Bonchev–Trinajstić information content (AvgIpc) is 2.01. The summed E-state index contributed by atoms with van der Waals surface area (Å²) in [5, 5.41) is 9.31. The van der Waals surface area contributed by atoms with Gasteiger partial charge in [-0.05, 0) is 38.7 Å². The van der Waals surface area contributed by atoms with Crippen molar-refractivity contribution in [3.05, 3.63) is 11.6 Å². The van der Waals surface area contributed by atoms with Gasteiger partial charge >= 0.3 is 0 Å². The highest BCUT2D eigenvalue weighted by Crippen LogP contribution is 2.18. The molecule has 0 saturated heterocycles. The minimum atomic E-state index is -0.232. The Morgan fingerprint density at radius 3 is 3.00 bits per heavy atom. The number of rotatable bonds is 3. The molecule has 0 aromatic rings. The number of aliphatic hydroxyl groups is 1. The standard InChI is InChI=1S/C10H18O2/c1-8(2)12-7-9-4-3-5-10(11)6-9/h6,8,10-11H,3-5,7H2,1-2H3. The van der Waals surface area contributed by atoms with E-state index in [9.17, 15) is 5.11 Å². The average molecular weight is 170 g/mol. The first-order valence-electron chi connectivity index (χ1n) is 4.67. The molecule has 1 aliphatic carbocycles. The zero-order valence-electron chi connectivity index (χ0n) is 7.92. The summed E-state index contributed by atoms with van der Waals surface area (Å²) < 4.78 is 5.45. The van der Waals surface area contributed by atoms with Crippen molar-refractivity contribution in [3.8, 4) is 0 Å². The van der Waals surface area contributed by atoms with E-state index in [1.54, 1.807) is 0 Å². The Bertz CT molecular complexity index is 161. The topological polar surface area (TPSA) is 29.5 Å². The summed E-state index contributed by atoms with van der Waals surface area (Å²) in [5.74, 6) is 0. The van der Waals surface area contributed by atoms with E-state index in [0.29, 0.717) is 6.61 Å². The fraction of sp³-hybridized carbons (Fsp3) is 0.800. The van der Waals surface area contributed by atoms with Crippen molar-refractivity contribution >= 4 is 0 Å². The Morgan fingerprint density at radius 2 is 2.42 bits per heavy atom. The molecule has 2 heteroatoms. The summed E-state index contributed by atoms with van der Waals surface area (Å²) in [4.78, 5) is 0. The third-order valence-electron chi connectivity index (χ3n) is 2.03. The normalized spacial score (nSPS) is 24.3. The van der Waals surface area contributed by atoms with Crippen LogP contribution in [0.3, 0.4) is 0 Å². The van der Waals surface area contributed by atoms with Crippen LogP contribution in [0.4, 0.5) is 0 Å². The van der Waals surface area contributed by atoms with Crippen molar-refractivity contribution in [2.75, 3.05) is 6.61 Å². The zero-order chi connectivity index (χ0) is 8.97. The third-order valence-corrected chi connectivity index (χ3v) is 2.03. The molecule has 70 valence electrons. The molecule has 0 spiro atoms. The molecule has 0 aliphatic heterocycles. The summed E-state index contributed by atoms with van der Waals surface area (Å²) in [5.41, 5.74) is 1.25. The summed E-state index contributed by atoms with van der Waals surface area (Å²) in [6.45, 7) is 4.74. The van der Waals surface area contributed by atoms with Crippen LogP contribution in [0.15, 0.2) is 11.6 Å². The smallest absolute Gasteiger partial charge is 0.0724 e. The Morgan fingerprint density at radius 1 is 1.67 bits per heavy atom. The number of hydrogen-bond acceptors (Lipinski definition) is 2. The van der Waals surface area contributed by atoms with Gasteiger partial charge in [0.15, 0.2) is 0 Å². The summed E-state index contributed by atoms with van der Waals surface area (Å²) >= 11 is 0. The number of aliphatic hydroxyl groups excluding tert-OH is 1. The van der Waals surface area contributed by atoms with Crippen molar-refractivity contribution in [2.24, 2.45) is 0 Å². The first-order valence-corrected chi connectivity index (χ1v) is 4.67. The predicted molar refractivity (Wildman–Crippen MR) is 49.0 cm³/mol. The SMILES string of the molecule is CC(C)OCC1=CC(O)CCC1. The van der Waals surface area contributed by atoms with E-state index < -0.39 is 0 Å². The lowest BCUT2D eigenvalue weighted by Crippen LogP contribution is -2.13. The first-order chi connectivity index (χ1) is 5.68. The minimum absolute atomic E-state index is 0.232. The fourth-order valence-electron chi connectivity index (χ4n) is 1.37. The molecule has 1 N–H and O–H groups in total. The summed E-state index contributed by atoms with van der Waals surface area (Å²) in [6, 6.07) is 0. The van der Waals surface area contributed by atoms with Crippen molar-refractivity contribution in [1.29, 1.82) is 0 Å². The van der Waals surface area contributed by atoms with Crippen LogP contribution in [0.5, 0.6) is 0 Å². The van der Waals surface area contributed by atoms with Gasteiger partial charge < -0.3 is 9.84 Å². The van der Waals surface area contributed by atoms with Crippen LogP contribution in [0.25, 0.3) is 0 Å². The van der Waals surface area contributed by atoms with Gasteiger partial charge in [-0.3, -0.25) is 0 Å². The van der Waals surface area contributed by atoms with Crippen LogP contribution in [-0.4, -0.2) is 23.9 Å². The lowest BCUT2D eigenvalue weighted by atomic mass is 9.98. The van der Waals surface area contributed by atoms with E-state index in [4.69, 9.17) is 4.74 Å². The van der Waals surface area contributed by atoms with Gasteiger partial charge in [0.25, 0.3) is 0 Å². The Labute approximate surface area is 74.2 Å². The van der Waals surface area contributed by atoms with E-state index in [2.05, 4.69) is 0 Å². The van der Waals surface area contributed by atoms with Crippen molar-refractivity contribution in [3.63, 3.8) is 0 Å². The highest BCUT2D eigenvalue weighted by atomic mass is 16.5. The molecule has 0 radical (unpaired) electrons. The van der Waals surface area contributed by atoms with Crippen LogP contribution in [0.1, 0.15) is 33.1 Å². The molecule has 0 heterocycles. The molecule has 0 saturated carbocycles. The molecule has 1 unspecified atom stereocenters. The second-order valence-electron chi connectivity index (χ2n) is 3.64. The molecule has 0 bridgehead atoms. The summed E-state index contributed by atoms with van der Waals surface area (Å²) in [6.07, 6.45) is 5.07. The molecule has 0 aromatic heterocycles.